The molecule has 1 amide bonds. The lowest BCUT2D eigenvalue weighted by atomic mass is 9.90. The summed E-state index contributed by atoms with van der Waals surface area (Å²) >= 11 is 0. The van der Waals surface area contributed by atoms with Crippen molar-refractivity contribution in [3.63, 3.8) is 0 Å². The highest BCUT2D eigenvalue weighted by molar-refractivity contribution is 5.96. The average Bonchev–Trinajstić information content (AvgIpc) is 3.83. The van der Waals surface area contributed by atoms with Crippen molar-refractivity contribution in [2.75, 3.05) is 26.6 Å². The first kappa shape index (κ1) is 44.2. The van der Waals surface area contributed by atoms with Gasteiger partial charge in [-0.2, -0.15) is 0 Å². The van der Waals surface area contributed by atoms with Gasteiger partial charge in [0.2, 0.25) is 5.91 Å². The predicted molar refractivity (Wildman–Crippen MR) is 232 cm³/mol. The number of imidazole rings is 1. The van der Waals surface area contributed by atoms with Crippen LogP contribution in [0.2, 0.25) is 0 Å². The van der Waals surface area contributed by atoms with Crippen LogP contribution >= 0.6 is 0 Å². The molecular weight excluding hydrogens is 809 g/mol. The molecule has 63 heavy (non-hydrogen) atoms. The van der Waals surface area contributed by atoms with Crippen LogP contribution in [0.15, 0.2) is 110 Å². The van der Waals surface area contributed by atoms with Gasteiger partial charge in [-0.15, -0.1) is 0 Å². The summed E-state index contributed by atoms with van der Waals surface area (Å²) < 4.78 is 36.5. The number of esters is 2. The second-order valence-electron chi connectivity index (χ2n) is 15.9. The lowest BCUT2D eigenvalue weighted by Gasteiger charge is -2.25. The normalized spacial score (nSPS) is 17.8. The third-order valence-electron chi connectivity index (χ3n) is 10.3. The van der Waals surface area contributed by atoms with E-state index in [0.29, 0.717) is 11.3 Å². The number of hydrogen-bond donors (Lipinski definition) is 3. The Hall–Kier alpha value is -6.88. The molecule has 1 saturated heterocycles. The summed E-state index contributed by atoms with van der Waals surface area (Å²) in [5, 5.41) is 14.6. The maximum absolute atomic E-state index is 14.2. The van der Waals surface area contributed by atoms with Gasteiger partial charge < -0.3 is 44.6 Å². The molecule has 1 fully saturated rings. The van der Waals surface area contributed by atoms with Crippen molar-refractivity contribution < 1.29 is 47.9 Å². The summed E-state index contributed by atoms with van der Waals surface area (Å²) in [4.78, 5) is 52.7. The summed E-state index contributed by atoms with van der Waals surface area (Å²) in [7, 11) is 3.24. The predicted octanol–water partition coefficient (Wildman–Crippen LogP) is 5.61. The fourth-order valence-electron chi connectivity index (χ4n) is 7.39. The Balaban J connectivity index is 1.15. The van der Waals surface area contributed by atoms with Crippen molar-refractivity contribution in [1.82, 2.24) is 24.8 Å². The van der Waals surface area contributed by atoms with Crippen molar-refractivity contribution >= 4 is 34.8 Å². The van der Waals surface area contributed by atoms with Crippen molar-refractivity contribution in [2.24, 2.45) is 0 Å². The molecule has 5 atom stereocenters. The third-order valence-corrected chi connectivity index (χ3v) is 10.3. The summed E-state index contributed by atoms with van der Waals surface area (Å²) in [5.41, 5.74) is 11.2. The van der Waals surface area contributed by atoms with E-state index in [1.165, 1.54) is 17.2 Å². The topological polar surface area (TPSA) is 208 Å². The first-order valence-electron chi connectivity index (χ1n) is 20.3. The molecule has 0 bridgehead atoms. The molecular formula is C47H50N6O10. The largest absolute Gasteiger partial charge is 0.497 e. The quantitative estimate of drug-likeness (QED) is 0.0800. The smallest absolute Gasteiger partial charge is 0.329 e. The monoisotopic (exact) mass is 858 g/mol. The molecule has 1 aliphatic heterocycles. The van der Waals surface area contributed by atoms with Gasteiger partial charge in [0.15, 0.2) is 23.8 Å². The van der Waals surface area contributed by atoms with Crippen molar-refractivity contribution in [2.45, 2.75) is 76.4 Å². The number of aliphatic hydroxyl groups is 1. The maximum Gasteiger partial charge on any atom is 0.329 e. The van der Waals surface area contributed by atoms with E-state index < -0.39 is 60.4 Å². The maximum atomic E-state index is 14.2. The SMILES string of the molecule is COc1ccc(-c2cccc(COC[C@H]3O[C@@H](n4cnc5c(N)ncnc54)[C@H](OC(=O)C(Cc4ccccc4)NC(=O)CC(=O)OC(C)(C)C)[C@@H]3O)c2-c2ccc(OC)cc2)cc1. The second kappa shape index (κ2) is 19.4. The van der Waals surface area contributed by atoms with Gasteiger partial charge in [0.25, 0.3) is 0 Å². The Morgan fingerprint density at radius 2 is 1.56 bits per heavy atom. The first-order valence-corrected chi connectivity index (χ1v) is 20.3. The van der Waals surface area contributed by atoms with Gasteiger partial charge >= 0.3 is 11.9 Å². The van der Waals surface area contributed by atoms with E-state index in [4.69, 9.17) is 34.2 Å². The van der Waals surface area contributed by atoms with Crippen molar-refractivity contribution in [1.29, 1.82) is 0 Å². The molecule has 16 nitrogen and oxygen atoms in total. The van der Waals surface area contributed by atoms with Gasteiger partial charge in [-0.1, -0.05) is 72.8 Å². The van der Waals surface area contributed by atoms with E-state index in [2.05, 4.69) is 20.3 Å². The minimum absolute atomic E-state index is 0.0183. The van der Waals surface area contributed by atoms with Crippen molar-refractivity contribution in [3.05, 3.63) is 121 Å². The van der Waals surface area contributed by atoms with E-state index in [1.807, 2.05) is 72.8 Å². The van der Waals surface area contributed by atoms with Gasteiger partial charge in [-0.3, -0.25) is 14.2 Å². The number of aliphatic hydroxyl groups excluding tert-OH is 1. The standard InChI is InChI=1S/C47H50N6O10/c1-47(2,3)63-38(55)23-37(54)52-35(22-28-10-7-6-8-11-28)46(57)62-42-41(56)36(61-45(42)53-27-51-40-43(48)49-26-50-44(40)53)25-60-24-31-12-9-13-34(29-14-18-32(58-4)19-15-29)39(31)30-16-20-33(59-5)21-17-30/h6-21,26-27,35-36,41-42,45,56H,22-25H2,1-5H3,(H,52,54)(H2,48,49,50)/t35?,36-,41-,42-,45-/m1/s1. The van der Waals surface area contributed by atoms with Crippen LogP contribution in [-0.4, -0.2) is 93.3 Å². The fraction of sp³-hybridized carbons (Fsp3) is 0.319. The molecule has 1 aliphatic rings. The molecule has 1 unspecified atom stereocenters. The van der Waals surface area contributed by atoms with Crippen LogP contribution in [0.5, 0.6) is 11.5 Å². The molecule has 0 spiro atoms. The van der Waals surface area contributed by atoms with Crippen molar-refractivity contribution in [3.8, 4) is 33.8 Å². The van der Waals surface area contributed by atoms with Crippen LogP contribution in [-0.2, 0) is 46.4 Å². The molecule has 328 valence electrons. The highest BCUT2D eigenvalue weighted by atomic mass is 16.6. The van der Waals surface area contributed by atoms with Gasteiger partial charge in [0.05, 0.1) is 33.8 Å². The Labute approximate surface area is 364 Å². The zero-order chi connectivity index (χ0) is 44.7. The lowest BCUT2D eigenvalue weighted by molar-refractivity contribution is -0.163. The molecule has 2 aromatic heterocycles. The van der Waals surface area contributed by atoms with E-state index in [9.17, 15) is 19.5 Å². The lowest BCUT2D eigenvalue weighted by Crippen LogP contribution is -2.47. The molecule has 3 heterocycles. The summed E-state index contributed by atoms with van der Waals surface area (Å²) in [5.74, 6) is -0.822. The molecule has 6 aromatic rings. The minimum Gasteiger partial charge on any atom is -0.497 e. The van der Waals surface area contributed by atoms with Gasteiger partial charge in [-0.25, -0.2) is 19.7 Å². The Bertz CT molecular complexity index is 2530. The Morgan fingerprint density at radius 1 is 0.873 bits per heavy atom. The molecule has 0 radical (unpaired) electrons. The van der Waals surface area contributed by atoms with Gasteiger partial charge in [0.1, 0.15) is 53.6 Å². The number of hydrogen-bond acceptors (Lipinski definition) is 14. The Morgan fingerprint density at radius 3 is 2.22 bits per heavy atom. The van der Waals surface area contributed by atoms with Crippen LogP contribution in [0.1, 0.15) is 44.5 Å². The number of amides is 1. The second-order valence-corrected chi connectivity index (χ2v) is 15.9. The summed E-state index contributed by atoms with van der Waals surface area (Å²) in [6, 6.07) is 29.2. The summed E-state index contributed by atoms with van der Waals surface area (Å²) in [6.07, 6.45) is -2.91. The molecule has 16 heteroatoms. The molecule has 7 rings (SSSR count). The number of aromatic nitrogens is 4. The van der Waals surface area contributed by atoms with Gasteiger partial charge in [0, 0.05) is 6.42 Å². The molecule has 4 N–H and O–H groups in total. The number of benzene rings is 4. The average molecular weight is 859 g/mol. The van der Waals surface area contributed by atoms with Crippen LogP contribution in [0.4, 0.5) is 5.82 Å². The number of anilines is 1. The number of ether oxygens (including phenoxy) is 6. The zero-order valence-corrected chi connectivity index (χ0v) is 35.6. The number of nitrogens with one attached hydrogen (secondary N) is 1. The number of fused-ring (bicyclic) bond motifs is 1. The van der Waals surface area contributed by atoms with Crippen LogP contribution in [0.3, 0.4) is 0 Å². The molecule has 0 aliphatic carbocycles. The van der Waals surface area contributed by atoms with E-state index >= 15 is 0 Å². The van der Waals surface area contributed by atoms with E-state index in [-0.39, 0.29) is 36.6 Å². The number of carbonyl (C=O) groups is 3. The minimum atomic E-state index is -1.43. The first-order chi connectivity index (χ1) is 30.3. The van der Waals surface area contributed by atoms with Gasteiger partial charge in [-0.05, 0) is 78.4 Å². The highest BCUT2D eigenvalue weighted by Crippen LogP contribution is 2.38. The number of rotatable bonds is 16. The number of nitrogens with two attached hydrogens (primary N) is 1. The number of carbonyl (C=O) groups excluding carboxylic acids is 3. The van der Waals surface area contributed by atoms with Crippen LogP contribution < -0.4 is 20.5 Å². The summed E-state index contributed by atoms with van der Waals surface area (Å²) in [6.45, 7) is 5.06. The molecule has 4 aromatic carbocycles. The highest BCUT2D eigenvalue weighted by Gasteiger charge is 2.49. The Kier molecular flexibility index (Phi) is 13.6. The third kappa shape index (κ3) is 10.6. The van der Waals surface area contributed by atoms with Crippen LogP contribution in [0.25, 0.3) is 33.4 Å². The number of nitrogen functional groups attached to an aromatic ring is 1. The fourth-order valence-corrected chi connectivity index (χ4v) is 7.39. The molecule has 0 saturated carbocycles. The van der Waals surface area contributed by atoms with Crippen LogP contribution in [0, 0.1) is 0 Å². The number of methoxy groups -OCH3 is 2. The number of nitrogens with zero attached hydrogens (tertiary/aromatic N) is 4. The van der Waals surface area contributed by atoms with E-state index in [1.54, 1.807) is 59.3 Å². The van der Waals surface area contributed by atoms with E-state index in [0.717, 1.165) is 33.6 Å². The zero-order valence-electron chi connectivity index (χ0n) is 35.6.